The number of nitrogens with two attached hydrogens (primary N) is 2. The molecular formula is C20H24N7O8S3-. The van der Waals surface area contributed by atoms with Crippen molar-refractivity contribution in [3.8, 4) is 22.5 Å². The van der Waals surface area contributed by atoms with Crippen LogP contribution in [0.1, 0.15) is 19.8 Å². The quantitative estimate of drug-likeness (QED) is 0.214. The molecule has 1 aliphatic carbocycles. The minimum atomic E-state index is -4.64. The number of tetrazole rings is 1. The number of H-pyrrole nitrogens is 1. The van der Waals surface area contributed by atoms with E-state index in [0.29, 0.717) is 0 Å². The molecule has 15 nitrogen and oxygen atoms in total. The van der Waals surface area contributed by atoms with E-state index in [0.717, 1.165) is 25.8 Å². The van der Waals surface area contributed by atoms with Gasteiger partial charge in [-0.15, -0.1) is 10.2 Å². The van der Waals surface area contributed by atoms with Gasteiger partial charge in [0, 0.05) is 18.6 Å². The molecule has 3 aromatic rings. The summed E-state index contributed by atoms with van der Waals surface area (Å²) < 4.78 is 78.9. The molecule has 0 aliphatic heterocycles. The van der Waals surface area contributed by atoms with Crippen molar-refractivity contribution in [3.05, 3.63) is 36.4 Å². The maximum atomic E-state index is 12.8. The molecule has 1 heterocycles. The van der Waals surface area contributed by atoms with Gasteiger partial charge in [0.15, 0.2) is 9.84 Å². The van der Waals surface area contributed by atoms with E-state index in [1.165, 1.54) is 30.3 Å². The van der Waals surface area contributed by atoms with Crippen molar-refractivity contribution in [1.82, 2.24) is 25.3 Å². The van der Waals surface area contributed by atoms with Gasteiger partial charge in [0.1, 0.15) is 4.90 Å². The van der Waals surface area contributed by atoms with Crippen LogP contribution < -0.4 is 20.7 Å². The lowest BCUT2D eigenvalue weighted by Gasteiger charge is -2.16. The number of sulfone groups is 1. The van der Waals surface area contributed by atoms with Crippen LogP contribution in [0.15, 0.2) is 51.1 Å². The smallest absolute Gasteiger partial charge is 0.240 e. The number of aliphatic carboxylic acids is 1. The van der Waals surface area contributed by atoms with Gasteiger partial charge in [-0.05, 0) is 54.3 Å². The van der Waals surface area contributed by atoms with E-state index in [-0.39, 0.29) is 40.0 Å². The van der Waals surface area contributed by atoms with E-state index in [2.05, 4.69) is 25.3 Å². The van der Waals surface area contributed by atoms with E-state index in [1.807, 2.05) is 0 Å². The Hall–Kier alpha value is -3.29. The minimum absolute atomic E-state index is 0.0482. The van der Waals surface area contributed by atoms with E-state index in [9.17, 15) is 25.3 Å². The lowest BCUT2D eigenvalue weighted by Crippen LogP contribution is -2.25. The third-order valence-electron chi connectivity index (χ3n) is 5.05. The predicted octanol–water partition coefficient (Wildman–Crippen LogP) is -1.89. The van der Waals surface area contributed by atoms with E-state index in [1.54, 1.807) is 0 Å². The van der Waals surface area contributed by atoms with Crippen molar-refractivity contribution in [2.45, 2.75) is 40.5 Å². The van der Waals surface area contributed by atoms with E-state index >= 15 is 0 Å². The van der Waals surface area contributed by atoms with Crippen LogP contribution in [-0.2, 0) is 34.7 Å². The molecule has 0 radical (unpaired) electrons. The van der Waals surface area contributed by atoms with Crippen molar-refractivity contribution in [2.24, 2.45) is 10.9 Å². The summed E-state index contributed by atoms with van der Waals surface area (Å²) in [6.07, 6.45) is 1.49. The van der Waals surface area contributed by atoms with Crippen LogP contribution in [-0.4, -0.2) is 70.2 Å². The summed E-state index contributed by atoms with van der Waals surface area (Å²) in [4.78, 5) is 7.54. The Morgan fingerprint density at radius 1 is 1.13 bits per heavy atom. The lowest BCUT2D eigenvalue weighted by atomic mass is 9.99. The zero-order valence-electron chi connectivity index (χ0n) is 19.9. The molecule has 38 heavy (non-hydrogen) atoms. The fourth-order valence-electron chi connectivity index (χ4n) is 3.41. The second-order valence-corrected chi connectivity index (χ2v) is 13.4. The molecule has 1 fully saturated rings. The summed E-state index contributed by atoms with van der Waals surface area (Å²) in [5.41, 5.74) is 5.57. The number of aromatic amines is 1. The second-order valence-electron chi connectivity index (χ2n) is 8.12. The van der Waals surface area contributed by atoms with Crippen molar-refractivity contribution in [1.29, 1.82) is 0 Å². The van der Waals surface area contributed by atoms with Gasteiger partial charge < -0.3 is 15.6 Å². The number of nitrogens with one attached hydrogen (secondary N) is 2. The second kappa shape index (κ2) is 11.2. The highest BCUT2D eigenvalue weighted by molar-refractivity contribution is 7.93. The molecular weight excluding hydrogens is 562 g/mol. The number of carboxylic acids is 1. The van der Waals surface area contributed by atoms with Gasteiger partial charge >= 0.3 is 0 Å². The molecule has 0 atom stereocenters. The van der Waals surface area contributed by atoms with E-state index in [4.69, 9.17) is 20.8 Å². The summed E-state index contributed by atoms with van der Waals surface area (Å²) in [5, 5.41) is 27.6. The highest BCUT2D eigenvalue weighted by atomic mass is 32.2. The number of aromatic nitrogens is 4. The van der Waals surface area contributed by atoms with Crippen LogP contribution in [0.4, 0.5) is 0 Å². The average Bonchev–Trinajstić information content (AvgIpc) is 3.44. The van der Waals surface area contributed by atoms with Crippen LogP contribution in [0, 0.1) is 0 Å². The van der Waals surface area contributed by atoms with Gasteiger partial charge in [-0.3, -0.25) is 0 Å². The molecule has 18 heteroatoms. The van der Waals surface area contributed by atoms with Gasteiger partial charge in [0.2, 0.25) is 25.9 Å². The third kappa shape index (κ3) is 6.97. The molecule has 206 valence electrons. The number of rotatable bonds is 9. The van der Waals surface area contributed by atoms with Gasteiger partial charge in [0.05, 0.1) is 21.1 Å². The SMILES string of the molecule is CC(=O)[O-].NCCS(=O)(=O)c1ccc(-c2cccc(S(=O)(=O)NC3CC3)c2)c(-c2nn[nH]n2)c1S(N)(=O)=O. The first kappa shape index (κ1) is 29.3. The fraction of sp³-hybridized carbons (Fsp3) is 0.300. The number of carboxylic acid groups (broad SMARTS) is 1. The monoisotopic (exact) mass is 586 g/mol. The number of carbonyl (C=O) groups is 1. The number of carbonyl (C=O) groups excluding carboxylic acids is 1. The normalized spacial score (nSPS) is 14.0. The standard InChI is InChI=1S/C18H21N7O6S3.C2H4O2/c19-8-9-32(26,27)15-7-6-14(16(17(15)33(20,28)29)18-21-24-25-22-18)11-2-1-3-13(10-11)34(30,31)23-12-4-5-12;1-2(3)4/h1-3,6-7,10,12,23H,4-5,8-9,19H2,(H2,20,28,29)(H,21,22,24,25);1H3,(H,3,4)/p-1. The molecule has 0 bridgehead atoms. The number of sulfonamides is 2. The fourth-order valence-corrected chi connectivity index (χ4v) is 7.51. The highest BCUT2D eigenvalue weighted by Crippen LogP contribution is 2.39. The average molecular weight is 587 g/mol. The largest absolute Gasteiger partial charge is 0.550 e. The number of hydrogen-bond donors (Lipinski definition) is 4. The summed E-state index contributed by atoms with van der Waals surface area (Å²) in [5.74, 6) is -1.85. The Balaban J connectivity index is 0.000000934. The first-order chi connectivity index (χ1) is 17.7. The molecule has 0 spiro atoms. The Bertz CT molecular complexity index is 1650. The van der Waals surface area contributed by atoms with Crippen LogP contribution >= 0.6 is 0 Å². The lowest BCUT2D eigenvalue weighted by molar-refractivity contribution is -0.302. The van der Waals surface area contributed by atoms with Crippen LogP contribution in [0.3, 0.4) is 0 Å². The predicted molar refractivity (Wildman–Crippen MR) is 132 cm³/mol. The zero-order valence-corrected chi connectivity index (χ0v) is 22.3. The summed E-state index contributed by atoms with van der Waals surface area (Å²) in [6, 6.07) is 8.05. The maximum Gasteiger partial charge on any atom is 0.240 e. The van der Waals surface area contributed by atoms with Gasteiger partial charge in [-0.2, -0.15) is 5.21 Å². The van der Waals surface area contributed by atoms with Gasteiger partial charge in [0.25, 0.3) is 0 Å². The Kier molecular flexibility index (Phi) is 8.64. The van der Waals surface area contributed by atoms with Crippen molar-refractivity contribution >= 4 is 35.9 Å². The van der Waals surface area contributed by atoms with Crippen LogP contribution in [0.5, 0.6) is 0 Å². The Morgan fingerprint density at radius 3 is 2.32 bits per heavy atom. The minimum Gasteiger partial charge on any atom is -0.550 e. The topological polar surface area (TPSA) is 261 Å². The molecule has 2 aromatic carbocycles. The first-order valence-corrected chi connectivity index (χ1v) is 15.5. The van der Waals surface area contributed by atoms with Gasteiger partial charge in [-0.1, -0.05) is 18.2 Å². The number of primary sulfonamides is 1. The molecule has 1 saturated carbocycles. The molecule has 0 amide bonds. The van der Waals surface area contributed by atoms with Crippen LogP contribution in [0.2, 0.25) is 0 Å². The number of hydrogen-bond acceptors (Lipinski definition) is 12. The summed E-state index contributed by atoms with van der Waals surface area (Å²) >= 11 is 0. The summed E-state index contributed by atoms with van der Waals surface area (Å²) in [7, 11) is -12.6. The molecule has 6 N–H and O–H groups in total. The van der Waals surface area contributed by atoms with E-state index < -0.39 is 51.4 Å². The first-order valence-electron chi connectivity index (χ1n) is 10.8. The molecule has 4 rings (SSSR count). The van der Waals surface area contributed by atoms with Crippen molar-refractivity contribution in [3.63, 3.8) is 0 Å². The number of benzene rings is 2. The molecule has 0 unspecified atom stereocenters. The Labute approximate surface area is 218 Å². The highest BCUT2D eigenvalue weighted by Gasteiger charge is 2.32. The van der Waals surface area contributed by atoms with Crippen LogP contribution in [0.25, 0.3) is 22.5 Å². The van der Waals surface area contributed by atoms with Gasteiger partial charge in [-0.25, -0.2) is 35.1 Å². The molecule has 1 aromatic heterocycles. The molecule has 0 saturated heterocycles. The maximum absolute atomic E-state index is 12.8. The third-order valence-corrected chi connectivity index (χ3v) is 9.48. The van der Waals surface area contributed by atoms with Crippen molar-refractivity contribution < 1.29 is 35.2 Å². The zero-order chi connectivity index (χ0) is 28.3. The number of nitrogens with zero attached hydrogens (tertiary/aromatic N) is 3. The molecule has 1 aliphatic rings. The summed E-state index contributed by atoms with van der Waals surface area (Å²) in [6.45, 7) is 0.722. The van der Waals surface area contributed by atoms with Crippen molar-refractivity contribution in [2.75, 3.05) is 12.3 Å². The Morgan fingerprint density at radius 2 is 1.79 bits per heavy atom.